The Hall–Kier alpha value is -2.26. The Morgan fingerprint density at radius 1 is 0.929 bits per heavy atom. The minimum atomic E-state index is -3.52. The molecule has 3 aromatic carbocycles. The summed E-state index contributed by atoms with van der Waals surface area (Å²) >= 11 is 12.5. The zero-order valence-electron chi connectivity index (χ0n) is 14.8. The summed E-state index contributed by atoms with van der Waals surface area (Å²) in [5, 5.41) is 3.63. The first-order valence-electron chi connectivity index (χ1n) is 8.54. The quantitative estimate of drug-likeness (QED) is 0.477. The topological polar surface area (TPSA) is 55.4 Å². The highest BCUT2D eigenvalue weighted by atomic mass is 35.7. The lowest BCUT2D eigenvalue weighted by molar-refractivity contribution is 0.138. The maximum Gasteiger partial charge on any atom is 0.408 e. The molecule has 0 bridgehead atoms. The van der Waals surface area contributed by atoms with Crippen molar-refractivity contribution in [3.05, 3.63) is 101 Å². The molecule has 0 aliphatic heterocycles. The van der Waals surface area contributed by atoms with Crippen LogP contribution in [0.15, 0.2) is 84.9 Å². The number of hydrogen-bond acceptors (Lipinski definition) is 3. The fraction of sp³-hybridized carbons (Fsp3) is 0.0952. The largest absolute Gasteiger partial charge is 0.445 e. The Balaban J connectivity index is 1.83. The van der Waals surface area contributed by atoms with Crippen LogP contribution in [0.4, 0.5) is 4.79 Å². The van der Waals surface area contributed by atoms with Gasteiger partial charge in [0, 0.05) is 10.3 Å². The molecule has 1 N–H and O–H groups in total. The number of rotatable bonds is 6. The Morgan fingerprint density at radius 2 is 1.50 bits per heavy atom. The highest BCUT2D eigenvalue weighted by Crippen LogP contribution is 2.61. The molecule has 144 valence electrons. The van der Waals surface area contributed by atoms with E-state index < -0.39 is 18.4 Å². The molecule has 3 aromatic rings. The molecule has 0 fully saturated rings. The van der Waals surface area contributed by atoms with Gasteiger partial charge in [-0.15, -0.1) is 0 Å². The molecule has 0 aliphatic rings. The van der Waals surface area contributed by atoms with E-state index in [4.69, 9.17) is 27.6 Å². The molecule has 0 saturated heterocycles. The first-order chi connectivity index (χ1) is 13.5. The molecule has 0 saturated carbocycles. The monoisotopic (exact) mass is 433 g/mol. The SMILES string of the molecule is O=C(NC(c1ccc(Cl)cc1)P(=O)(Cl)c1ccccc1)OCc1ccccc1. The van der Waals surface area contributed by atoms with Gasteiger partial charge in [-0.05, 0) is 34.5 Å². The van der Waals surface area contributed by atoms with E-state index in [0.717, 1.165) is 5.56 Å². The fourth-order valence-electron chi connectivity index (χ4n) is 2.66. The number of hydrogen-bond donors (Lipinski definition) is 1. The van der Waals surface area contributed by atoms with E-state index in [1.807, 2.05) is 30.3 Å². The molecule has 7 heteroatoms. The molecule has 28 heavy (non-hydrogen) atoms. The number of amides is 1. The maximum atomic E-state index is 13.5. The summed E-state index contributed by atoms with van der Waals surface area (Å²) in [5.74, 6) is -0.961. The van der Waals surface area contributed by atoms with Crippen molar-refractivity contribution in [3.63, 3.8) is 0 Å². The van der Waals surface area contributed by atoms with Crippen LogP contribution >= 0.6 is 29.3 Å². The van der Waals surface area contributed by atoms with E-state index in [1.54, 1.807) is 54.6 Å². The average molecular weight is 434 g/mol. The fourth-order valence-corrected chi connectivity index (χ4v) is 5.31. The number of nitrogens with one attached hydrogen (secondary N) is 1. The number of carbonyl (C=O) groups is 1. The Labute approximate surface area is 173 Å². The van der Waals surface area contributed by atoms with Crippen LogP contribution in [0, 0.1) is 0 Å². The second-order valence-corrected chi connectivity index (χ2v) is 10.2. The zero-order valence-corrected chi connectivity index (χ0v) is 17.2. The second-order valence-electron chi connectivity index (χ2n) is 6.07. The molecule has 0 spiro atoms. The van der Waals surface area contributed by atoms with Gasteiger partial charge in [-0.3, -0.25) is 4.57 Å². The van der Waals surface area contributed by atoms with Crippen LogP contribution in [0.2, 0.25) is 5.02 Å². The van der Waals surface area contributed by atoms with Gasteiger partial charge < -0.3 is 10.1 Å². The molecule has 1 amide bonds. The third kappa shape index (κ3) is 5.17. The predicted octanol–water partition coefficient (Wildman–Crippen LogP) is 6.11. The van der Waals surface area contributed by atoms with Crippen molar-refractivity contribution in [2.75, 3.05) is 0 Å². The van der Waals surface area contributed by atoms with Gasteiger partial charge >= 0.3 is 6.09 Å². The third-order valence-corrected chi connectivity index (χ3v) is 7.61. The van der Waals surface area contributed by atoms with E-state index in [9.17, 15) is 9.36 Å². The van der Waals surface area contributed by atoms with Gasteiger partial charge in [0.2, 0.25) is 6.49 Å². The Bertz CT molecular complexity index is 966. The van der Waals surface area contributed by atoms with E-state index >= 15 is 0 Å². The summed E-state index contributed by atoms with van der Waals surface area (Å²) in [7, 11) is 0. The molecule has 0 aliphatic carbocycles. The van der Waals surface area contributed by atoms with Gasteiger partial charge in [-0.25, -0.2) is 4.79 Å². The number of alkyl carbamates (subject to hydrolysis) is 1. The lowest BCUT2D eigenvalue weighted by Gasteiger charge is -2.24. The second kappa shape index (κ2) is 9.29. The predicted molar refractivity (Wildman–Crippen MR) is 113 cm³/mol. The van der Waals surface area contributed by atoms with Crippen molar-refractivity contribution in [2.45, 2.75) is 12.4 Å². The number of carbonyl (C=O) groups excluding carboxylic acids is 1. The van der Waals surface area contributed by atoms with Crippen LogP contribution in [0.25, 0.3) is 0 Å². The van der Waals surface area contributed by atoms with Crippen molar-refractivity contribution in [1.82, 2.24) is 5.32 Å². The molecular weight excluding hydrogens is 416 g/mol. The van der Waals surface area contributed by atoms with Gasteiger partial charge in [0.05, 0.1) is 0 Å². The lowest BCUT2D eigenvalue weighted by atomic mass is 10.2. The van der Waals surface area contributed by atoms with E-state index in [-0.39, 0.29) is 6.61 Å². The van der Waals surface area contributed by atoms with Crippen LogP contribution < -0.4 is 10.6 Å². The zero-order chi connectivity index (χ0) is 20.0. The van der Waals surface area contributed by atoms with E-state index in [0.29, 0.717) is 15.9 Å². The maximum absolute atomic E-state index is 13.5. The van der Waals surface area contributed by atoms with E-state index in [1.165, 1.54) is 0 Å². The van der Waals surface area contributed by atoms with Gasteiger partial charge in [0.15, 0.2) is 0 Å². The van der Waals surface area contributed by atoms with Crippen molar-refractivity contribution in [3.8, 4) is 0 Å². The summed E-state index contributed by atoms with van der Waals surface area (Å²) in [6, 6.07) is 24.6. The van der Waals surface area contributed by atoms with Gasteiger partial charge in [0.1, 0.15) is 12.4 Å². The van der Waals surface area contributed by atoms with Gasteiger partial charge in [-0.2, -0.15) is 0 Å². The van der Waals surface area contributed by atoms with Crippen molar-refractivity contribution >= 4 is 40.7 Å². The van der Waals surface area contributed by atoms with Crippen LogP contribution in [0.1, 0.15) is 16.9 Å². The summed E-state index contributed by atoms with van der Waals surface area (Å²) in [4.78, 5) is 12.4. The molecule has 0 aromatic heterocycles. The molecule has 0 heterocycles. The smallest absolute Gasteiger partial charge is 0.408 e. The summed E-state index contributed by atoms with van der Waals surface area (Å²) in [5.41, 5.74) is 1.42. The van der Waals surface area contributed by atoms with E-state index in [2.05, 4.69) is 5.32 Å². The molecule has 3 rings (SSSR count). The van der Waals surface area contributed by atoms with Crippen LogP contribution in [0.5, 0.6) is 0 Å². The van der Waals surface area contributed by atoms with Gasteiger partial charge in [-0.1, -0.05) is 84.4 Å². The minimum Gasteiger partial charge on any atom is -0.445 e. The molecule has 4 nitrogen and oxygen atoms in total. The Kier molecular flexibility index (Phi) is 6.79. The van der Waals surface area contributed by atoms with Crippen molar-refractivity contribution in [1.29, 1.82) is 0 Å². The molecule has 0 radical (unpaired) electrons. The van der Waals surface area contributed by atoms with Crippen molar-refractivity contribution < 1.29 is 14.1 Å². The number of benzene rings is 3. The lowest BCUT2D eigenvalue weighted by Crippen LogP contribution is -2.30. The highest BCUT2D eigenvalue weighted by molar-refractivity contribution is 7.95. The first kappa shape index (κ1) is 20.5. The number of halogens is 2. The average Bonchev–Trinajstić information content (AvgIpc) is 2.72. The summed E-state index contributed by atoms with van der Waals surface area (Å²) < 4.78 is 18.8. The highest BCUT2D eigenvalue weighted by Gasteiger charge is 2.36. The molecule has 2 atom stereocenters. The summed E-state index contributed by atoms with van der Waals surface area (Å²) in [6.07, 6.45) is -0.708. The minimum absolute atomic E-state index is 0.0952. The Morgan fingerprint density at radius 3 is 2.11 bits per heavy atom. The number of ether oxygens (including phenoxy) is 1. The van der Waals surface area contributed by atoms with Crippen molar-refractivity contribution in [2.24, 2.45) is 0 Å². The van der Waals surface area contributed by atoms with Crippen LogP contribution in [-0.2, 0) is 15.9 Å². The first-order valence-corrected chi connectivity index (χ1v) is 11.6. The molecule has 2 unspecified atom stereocenters. The standard InChI is InChI=1S/C21H18Cl2NO3P/c22-18-13-11-17(12-14-18)20(28(23,26)19-9-5-2-6-10-19)24-21(25)27-15-16-7-3-1-4-8-16/h1-14,20H,15H2,(H,24,25). The van der Waals surface area contributed by atoms with Crippen LogP contribution in [0.3, 0.4) is 0 Å². The third-order valence-electron chi connectivity index (χ3n) is 4.09. The summed E-state index contributed by atoms with van der Waals surface area (Å²) in [6.45, 7) is -3.43. The molecular formula is C21H18Cl2NO3P. The normalized spacial score (nSPS) is 13.9. The van der Waals surface area contributed by atoms with Crippen LogP contribution in [-0.4, -0.2) is 6.09 Å². The van der Waals surface area contributed by atoms with Gasteiger partial charge in [0.25, 0.3) is 0 Å².